The highest BCUT2D eigenvalue weighted by molar-refractivity contribution is 5.86. The second kappa shape index (κ2) is 4.45. The van der Waals surface area contributed by atoms with Crippen LogP contribution in [0.4, 0.5) is 0 Å². The van der Waals surface area contributed by atoms with Crippen LogP contribution in [0.1, 0.15) is 34.6 Å². The van der Waals surface area contributed by atoms with E-state index in [9.17, 15) is 4.79 Å². The Bertz CT molecular complexity index is 302. The zero-order valence-corrected chi connectivity index (χ0v) is 10.9. The van der Waals surface area contributed by atoms with Crippen molar-refractivity contribution in [3.63, 3.8) is 0 Å². The van der Waals surface area contributed by atoms with E-state index in [1.165, 1.54) is 7.11 Å². The van der Waals surface area contributed by atoms with Gasteiger partial charge in [-0.2, -0.15) is 0 Å². The minimum absolute atomic E-state index is 0.0139. The summed E-state index contributed by atoms with van der Waals surface area (Å²) in [7, 11) is 1.36. The first kappa shape index (κ1) is 13.0. The average Bonchev–Trinajstić information content (AvgIpc) is 2.60. The fourth-order valence-corrected chi connectivity index (χ4v) is 1.68. The molecule has 4 heteroatoms. The molecule has 0 aromatic heterocycles. The molecule has 0 radical (unpaired) electrons. The second-order valence-corrected chi connectivity index (χ2v) is 5.38. The van der Waals surface area contributed by atoms with Crippen LogP contribution in [-0.2, 0) is 14.4 Å². The van der Waals surface area contributed by atoms with E-state index < -0.39 is 5.97 Å². The van der Waals surface area contributed by atoms with Crippen molar-refractivity contribution >= 4 is 5.97 Å². The molecule has 92 valence electrons. The van der Waals surface area contributed by atoms with Crippen LogP contribution >= 0.6 is 0 Å². The quantitative estimate of drug-likeness (QED) is 0.677. The van der Waals surface area contributed by atoms with Crippen molar-refractivity contribution < 1.29 is 14.4 Å². The van der Waals surface area contributed by atoms with Gasteiger partial charge in [0.05, 0.1) is 13.2 Å². The number of esters is 1. The lowest BCUT2D eigenvalue weighted by atomic mass is 9.86. The van der Waals surface area contributed by atoms with Gasteiger partial charge in [-0.3, -0.25) is 0 Å². The Morgan fingerprint density at radius 1 is 1.50 bits per heavy atom. The van der Waals surface area contributed by atoms with Gasteiger partial charge in [-0.15, -0.1) is 5.06 Å². The van der Waals surface area contributed by atoms with Gasteiger partial charge in [0.25, 0.3) is 0 Å². The van der Waals surface area contributed by atoms with Crippen molar-refractivity contribution in [1.29, 1.82) is 0 Å². The van der Waals surface area contributed by atoms with Gasteiger partial charge >= 0.3 is 5.97 Å². The number of methoxy groups -OCH3 is 1. The molecular formula is C12H21NO3. The highest BCUT2D eigenvalue weighted by Gasteiger charge is 2.39. The molecule has 1 atom stereocenters. The number of hydroxylamine groups is 2. The topological polar surface area (TPSA) is 38.8 Å². The van der Waals surface area contributed by atoms with Crippen molar-refractivity contribution in [3.8, 4) is 0 Å². The molecule has 0 spiro atoms. The maximum absolute atomic E-state index is 11.4. The molecule has 1 rings (SSSR count). The zero-order valence-electron chi connectivity index (χ0n) is 10.9. The maximum atomic E-state index is 11.4. The first-order chi connectivity index (χ1) is 7.27. The monoisotopic (exact) mass is 227 g/mol. The van der Waals surface area contributed by atoms with Crippen molar-refractivity contribution in [2.75, 3.05) is 7.11 Å². The Hall–Kier alpha value is -1.03. The maximum Gasteiger partial charge on any atom is 0.375 e. The third kappa shape index (κ3) is 2.55. The summed E-state index contributed by atoms with van der Waals surface area (Å²) in [5.74, 6) is -0.131. The van der Waals surface area contributed by atoms with E-state index in [1.807, 2.05) is 25.0 Å². The normalized spacial score (nSPS) is 21.9. The van der Waals surface area contributed by atoms with Crippen molar-refractivity contribution in [3.05, 3.63) is 11.8 Å². The zero-order chi connectivity index (χ0) is 12.5. The summed E-state index contributed by atoms with van der Waals surface area (Å²) in [4.78, 5) is 16.9. The van der Waals surface area contributed by atoms with E-state index >= 15 is 0 Å². The SMILES string of the molecule is COC(=O)C1=CC(C(C)(C)C)N(C(C)C)O1. The summed E-state index contributed by atoms with van der Waals surface area (Å²) < 4.78 is 4.66. The Morgan fingerprint density at radius 3 is 2.38 bits per heavy atom. The summed E-state index contributed by atoms with van der Waals surface area (Å²) in [5, 5.41) is 1.84. The molecule has 1 aliphatic heterocycles. The molecule has 0 N–H and O–H groups in total. The van der Waals surface area contributed by atoms with Gasteiger partial charge in [0.1, 0.15) is 0 Å². The Balaban J connectivity index is 2.93. The lowest BCUT2D eigenvalue weighted by Crippen LogP contribution is -2.42. The van der Waals surface area contributed by atoms with Gasteiger partial charge in [0.2, 0.25) is 5.76 Å². The smallest absolute Gasteiger partial charge is 0.375 e. The second-order valence-electron chi connectivity index (χ2n) is 5.38. The third-order valence-electron chi connectivity index (χ3n) is 2.57. The molecule has 1 aliphatic rings. The number of hydrogen-bond acceptors (Lipinski definition) is 4. The minimum atomic E-state index is -0.419. The number of carbonyl (C=O) groups excluding carboxylic acids is 1. The molecule has 0 aromatic rings. The summed E-state index contributed by atoms with van der Waals surface area (Å²) in [5.41, 5.74) is 0.0139. The summed E-state index contributed by atoms with van der Waals surface area (Å²) in [6.45, 7) is 10.4. The van der Waals surface area contributed by atoms with E-state index in [-0.39, 0.29) is 23.3 Å². The number of ether oxygens (including phenoxy) is 1. The Kier molecular flexibility index (Phi) is 3.63. The van der Waals surface area contributed by atoms with Crippen LogP contribution in [0.3, 0.4) is 0 Å². The summed E-state index contributed by atoms with van der Waals surface area (Å²) in [6.07, 6.45) is 1.84. The van der Waals surface area contributed by atoms with Gasteiger partial charge in [-0.05, 0) is 25.3 Å². The number of carbonyl (C=O) groups is 1. The van der Waals surface area contributed by atoms with Crippen LogP contribution in [0.2, 0.25) is 0 Å². The molecule has 0 saturated heterocycles. The van der Waals surface area contributed by atoms with Crippen LogP contribution in [0.25, 0.3) is 0 Å². The Morgan fingerprint density at radius 2 is 2.06 bits per heavy atom. The number of hydrogen-bond donors (Lipinski definition) is 0. The predicted molar refractivity (Wildman–Crippen MR) is 61.4 cm³/mol. The van der Waals surface area contributed by atoms with Crippen LogP contribution in [0.15, 0.2) is 11.8 Å². The molecule has 0 saturated carbocycles. The van der Waals surface area contributed by atoms with E-state index in [1.54, 1.807) is 0 Å². The van der Waals surface area contributed by atoms with Gasteiger partial charge in [-0.25, -0.2) is 4.79 Å². The average molecular weight is 227 g/mol. The van der Waals surface area contributed by atoms with Gasteiger partial charge < -0.3 is 9.57 Å². The summed E-state index contributed by atoms with van der Waals surface area (Å²) in [6, 6.07) is 0.296. The summed E-state index contributed by atoms with van der Waals surface area (Å²) >= 11 is 0. The molecule has 0 fully saturated rings. The standard InChI is InChI=1S/C12H21NO3/c1-8(2)13-10(12(3,4)5)7-9(16-13)11(14)15-6/h7-8,10H,1-6H3. The molecule has 4 nitrogen and oxygen atoms in total. The lowest BCUT2D eigenvalue weighted by Gasteiger charge is -2.34. The highest BCUT2D eigenvalue weighted by atomic mass is 16.7. The molecule has 0 aliphatic carbocycles. The molecule has 1 unspecified atom stereocenters. The van der Waals surface area contributed by atoms with E-state index in [0.29, 0.717) is 0 Å². The van der Waals surface area contributed by atoms with Gasteiger partial charge in [0.15, 0.2) is 0 Å². The third-order valence-corrected chi connectivity index (χ3v) is 2.57. The van der Waals surface area contributed by atoms with Crippen LogP contribution in [-0.4, -0.2) is 30.2 Å². The number of nitrogens with zero attached hydrogens (tertiary/aromatic N) is 1. The predicted octanol–water partition coefficient (Wildman–Crippen LogP) is 2.11. The van der Waals surface area contributed by atoms with Crippen LogP contribution < -0.4 is 0 Å². The molecule has 0 aromatic carbocycles. The molecule has 0 amide bonds. The van der Waals surface area contributed by atoms with Gasteiger partial charge in [-0.1, -0.05) is 20.8 Å². The van der Waals surface area contributed by atoms with E-state index in [2.05, 4.69) is 25.5 Å². The van der Waals surface area contributed by atoms with Gasteiger partial charge in [0, 0.05) is 6.04 Å². The minimum Gasteiger partial charge on any atom is -0.463 e. The first-order valence-corrected chi connectivity index (χ1v) is 5.53. The van der Waals surface area contributed by atoms with E-state index in [4.69, 9.17) is 4.84 Å². The number of rotatable bonds is 2. The fourth-order valence-electron chi connectivity index (χ4n) is 1.68. The fraction of sp³-hybridized carbons (Fsp3) is 0.750. The van der Waals surface area contributed by atoms with Crippen molar-refractivity contribution in [2.24, 2.45) is 5.41 Å². The Labute approximate surface area is 97.2 Å². The first-order valence-electron chi connectivity index (χ1n) is 5.53. The van der Waals surface area contributed by atoms with Crippen LogP contribution in [0, 0.1) is 5.41 Å². The lowest BCUT2D eigenvalue weighted by molar-refractivity contribution is -0.175. The van der Waals surface area contributed by atoms with E-state index in [0.717, 1.165) is 0 Å². The molecule has 0 bridgehead atoms. The van der Waals surface area contributed by atoms with Crippen molar-refractivity contribution in [2.45, 2.75) is 46.7 Å². The van der Waals surface area contributed by atoms with Crippen LogP contribution in [0.5, 0.6) is 0 Å². The highest BCUT2D eigenvalue weighted by Crippen LogP contribution is 2.33. The largest absolute Gasteiger partial charge is 0.463 e. The molecule has 1 heterocycles. The molecular weight excluding hydrogens is 206 g/mol. The molecule has 16 heavy (non-hydrogen) atoms. The van der Waals surface area contributed by atoms with Crippen molar-refractivity contribution in [1.82, 2.24) is 5.06 Å².